The highest BCUT2D eigenvalue weighted by molar-refractivity contribution is 6.01. The van der Waals surface area contributed by atoms with Gasteiger partial charge in [-0.1, -0.05) is 60.1 Å². The molecule has 310 valence electrons. The van der Waals surface area contributed by atoms with Gasteiger partial charge < -0.3 is 19.6 Å². The molecule has 0 saturated heterocycles. The van der Waals surface area contributed by atoms with Gasteiger partial charge in [-0.2, -0.15) is 0 Å². The number of fused-ring (bicyclic) bond motifs is 7. The minimum Gasteiger partial charge on any atom is -0.481 e. The Morgan fingerprint density at radius 1 is 0.946 bits per heavy atom. The summed E-state index contributed by atoms with van der Waals surface area (Å²) in [7, 11) is 3.83. The lowest BCUT2D eigenvalue weighted by Crippen LogP contribution is -2.65. The number of rotatable bonds is 12. The van der Waals surface area contributed by atoms with Gasteiger partial charge in [0.25, 0.3) is 0 Å². The predicted octanol–water partition coefficient (Wildman–Crippen LogP) is 8.61. The maximum atomic E-state index is 14.7. The maximum absolute atomic E-state index is 14.7. The van der Waals surface area contributed by atoms with E-state index in [4.69, 9.17) is 4.74 Å². The van der Waals surface area contributed by atoms with Gasteiger partial charge >= 0.3 is 11.9 Å². The number of carbonyl (C=O) groups is 4. The van der Waals surface area contributed by atoms with Gasteiger partial charge in [0.05, 0.1) is 30.6 Å². The van der Waals surface area contributed by atoms with Gasteiger partial charge in [0.2, 0.25) is 5.91 Å². The van der Waals surface area contributed by atoms with Gasteiger partial charge in [-0.05, 0) is 149 Å². The number of carbonyl (C=O) groups excluding carboxylic acids is 3. The first-order valence-corrected chi connectivity index (χ1v) is 21.6. The van der Waals surface area contributed by atoms with Crippen molar-refractivity contribution in [2.45, 2.75) is 139 Å². The van der Waals surface area contributed by atoms with E-state index in [0.717, 1.165) is 62.6 Å². The van der Waals surface area contributed by atoms with Crippen molar-refractivity contribution in [3.63, 3.8) is 0 Å². The zero-order valence-corrected chi connectivity index (χ0v) is 36.4. The molecule has 4 saturated carbocycles. The monoisotopic (exact) mass is 774 g/mol. The van der Waals surface area contributed by atoms with Crippen LogP contribution in [0.5, 0.6) is 0 Å². The third-order valence-electron chi connectivity index (χ3n) is 16.6. The van der Waals surface area contributed by atoms with E-state index in [2.05, 4.69) is 53.5 Å². The smallest absolute Gasteiger partial charge is 0.309 e. The molecule has 6 rings (SSSR count). The van der Waals surface area contributed by atoms with E-state index in [-0.39, 0.29) is 57.8 Å². The zero-order chi connectivity index (χ0) is 41.2. The summed E-state index contributed by atoms with van der Waals surface area (Å²) in [5, 5.41) is 9.63. The molecule has 0 aliphatic heterocycles. The average molecular weight is 774 g/mol. The highest BCUT2D eigenvalue weighted by Crippen LogP contribution is 2.75. The first-order chi connectivity index (χ1) is 26.1. The number of likely N-dealkylation sites (N-methyl/N-ethyl adjacent to an activating group) is 1. The molecule has 1 heterocycles. The molecule has 9 atom stereocenters. The van der Waals surface area contributed by atoms with Crippen molar-refractivity contribution in [2.24, 2.45) is 62.6 Å². The molecule has 56 heavy (non-hydrogen) atoms. The number of carboxylic acid groups (broad SMARTS) is 1. The van der Waals surface area contributed by atoms with Crippen LogP contribution in [0.25, 0.3) is 0 Å². The number of ketones is 1. The molecule has 9 heteroatoms. The van der Waals surface area contributed by atoms with Crippen molar-refractivity contribution in [3.05, 3.63) is 41.2 Å². The summed E-state index contributed by atoms with van der Waals surface area (Å²) in [6.45, 7) is 21.2. The Hall–Kier alpha value is -3.07. The molecule has 1 amide bonds. The molecular weight excluding hydrogens is 703 g/mol. The van der Waals surface area contributed by atoms with E-state index in [1.54, 1.807) is 20.0 Å². The van der Waals surface area contributed by atoms with Crippen LogP contribution in [-0.4, -0.2) is 76.8 Å². The maximum Gasteiger partial charge on any atom is 0.309 e. The first kappa shape index (κ1) is 42.5. The molecule has 0 bridgehead atoms. The van der Waals surface area contributed by atoms with E-state index in [1.807, 2.05) is 42.1 Å². The number of esters is 1. The largest absolute Gasteiger partial charge is 0.481 e. The number of hydrogen-bond donors (Lipinski definition) is 1. The second-order valence-electron chi connectivity index (χ2n) is 21.1. The molecule has 1 aromatic rings. The number of carboxylic acids is 1. The van der Waals surface area contributed by atoms with Crippen LogP contribution in [0.1, 0.15) is 132 Å². The molecular formula is C47H71N3O6. The van der Waals surface area contributed by atoms with Crippen molar-refractivity contribution >= 4 is 23.6 Å². The van der Waals surface area contributed by atoms with Crippen molar-refractivity contribution in [2.75, 3.05) is 27.2 Å². The Morgan fingerprint density at radius 2 is 1.64 bits per heavy atom. The third-order valence-corrected chi connectivity index (χ3v) is 16.6. The van der Waals surface area contributed by atoms with Gasteiger partial charge in [-0.15, -0.1) is 0 Å². The Kier molecular flexibility index (Phi) is 11.6. The number of hydrogen-bond acceptors (Lipinski definition) is 7. The number of allylic oxidation sites excluding steroid dienone is 2. The molecule has 1 aromatic heterocycles. The number of Topliss-reactive ketones (excluding diaryl/α,β-unsaturated/α-hetero) is 1. The summed E-state index contributed by atoms with van der Waals surface area (Å²) in [4.78, 5) is 61.4. The Balaban J connectivity index is 1.23. The number of ether oxygens (including phenoxy) is 1. The lowest BCUT2D eigenvalue weighted by Gasteiger charge is -2.71. The van der Waals surface area contributed by atoms with Crippen LogP contribution in [0.4, 0.5) is 0 Å². The van der Waals surface area contributed by atoms with Gasteiger partial charge in [0.15, 0.2) is 5.78 Å². The van der Waals surface area contributed by atoms with E-state index >= 15 is 0 Å². The molecule has 0 aromatic carbocycles. The summed E-state index contributed by atoms with van der Waals surface area (Å²) in [6.07, 6.45) is 10.4. The molecule has 9 nitrogen and oxygen atoms in total. The Bertz CT molecular complexity index is 1720. The third kappa shape index (κ3) is 7.19. The van der Waals surface area contributed by atoms with E-state index in [0.29, 0.717) is 49.6 Å². The SMILES string of the molecule is CC(C)C1=C2C(CC[C@]3(C)[C@@H]2CCC2[C@@]4(C)CC[C@H](OC(=O)CC(C)(C)C(=O)O)C(C)(C)C4CC[C@]23C)[C@H](CCN(Cc2ccccn2)C(=O)CN(C)C)C1=O. The van der Waals surface area contributed by atoms with Crippen molar-refractivity contribution < 1.29 is 29.0 Å². The molecule has 3 unspecified atom stereocenters. The number of aromatic nitrogens is 1. The molecule has 0 radical (unpaired) electrons. The summed E-state index contributed by atoms with van der Waals surface area (Å²) in [5.74, 6) is 0.567. The van der Waals surface area contributed by atoms with Gasteiger partial charge in [0.1, 0.15) is 6.10 Å². The van der Waals surface area contributed by atoms with Crippen molar-refractivity contribution in [1.29, 1.82) is 0 Å². The summed E-state index contributed by atoms with van der Waals surface area (Å²) < 4.78 is 6.18. The molecule has 1 N–H and O–H groups in total. The average Bonchev–Trinajstić information content (AvgIpc) is 3.38. The van der Waals surface area contributed by atoms with Crippen LogP contribution < -0.4 is 0 Å². The minimum absolute atomic E-state index is 0.0624. The van der Waals surface area contributed by atoms with Crippen LogP contribution in [0, 0.1) is 62.6 Å². The number of nitrogens with zero attached hydrogens (tertiary/aromatic N) is 3. The van der Waals surface area contributed by atoms with Crippen LogP contribution in [0.3, 0.4) is 0 Å². The molecule has 5 aliphatic rings. The fraction of sp³-hybridized carbons (Fsp3) is 0.766. The standard InChI is InChI=1S/C47H71N3O6/c1-29(2)39-40-31(32(41(39)53)20-25-50(37(51)28-49(10)11)27-30-14-12-13-24-48-30)17-22-46(8)33(40)15-16-35-45(7)21-19-36(56-38(52)26-43(3,4)42(54)55)44(5,6)34(45)18-23-47(35,46)9/h12-14,24,29,31-36H,15-23,25-28H2,1-11H3,(H,54,55)/t31?,32-,33+,34?,35?,36-,45-,46+,47+/m0/s1. The van der Waals surface area contributed by atoms with E-state index in [1.165, 1.54) is 5.57 Å². The minimum atomic E-state index is -1.16. The van der Waals surface area contributed by atoms with Crippen LogP contribution in [-0.2, 0) is 30.5 Å². The predicted molar refractivity (Wildman–Crippen MR) is 218 cm³/mol. The van der Waals surface area contributed by atoms with Crippen LogP contribution in [0.15, 0.2) is 35.5 Å². The second-order valence-corrected chi connectivity index (χ2v) is 21.1. The Labute approximate surface area is 336 Å². The molecule has 0 spiro atoms. The number of pyridine rings is 1. The zero-order valence-electron chi connectivity index (χ0n) is 36.4. The molecule has 4 fully saturated rings. The van der Waals surface area contributed by atoms with Crippen molar-refractivity contribution in [1.82, 2.24) is 14.8 Å². The quantitative estimate of drug-likeness (QED) is 0.210. The highest BCUT2D eigenvalue weighted by Gasteiger charge is 2.69. The fourth-order valence-electron chi connectivity index (χ4n) is 13.5. The summed E-state index contributed by atoms with van der Waals surface area (Å²) in [6, 6.07) is 5.82. The summed E-state index contributed by atoms with van der Waals surface area (Å²) >= 11 is 0. The topological polar surface area (TPSA) is 117 Å². The summed E-state index contributed by atoms with van der Waals surface area (Å²) in [5.41, 5.74) is 2.27. The van der Waals surface area contributed by atoms with Crippen molar-refractivity contribution in [3.8, 4) is 0 Å². The lowest BCUT2D eigenvalue weighted by atomic mass is 9.33. The first-order valence-electron chi connectivity index (χ1n) is 21.6. The fourth-order valence-corrected chi connectivity index (χ4v) is 13.5. The molecule has 5 aliphatic carbocycles. The van der Waals surface area contributed by atoms with Crippen LogP contribution in [0.2, 0.25) is 0 Å². The van der Waals surface area contributed by atoms with Crippen LogP contribution >= 0.6 is 0 Å². The number of amides is 1. The van der Waals surface area contributed by atoms with E-state index < -0.39 is 17.4 Å². The normalized spacial score (nSPS) is 35.1. The van der Waals surface area contributed by atoms with Gasteiger partial charge in [-0.3, -0.25) is 24.2 Å². The Morgan fingerprint density at radius 3 is 2.27 bits per heavy atom. The van der Waals surface area contributed by atoms with E-state index in [9.17, 15) is 24.3 Å². The highest BCUT2D eigenvalue weighted by atomic mass is 16.5. The second kappa shape index (κ2) is 15.3. The van der Waals surface area contributed by atoms with Gasteiger partial charge in [0, 0.05) is 24.1 Å². The lowest BCUT2D eigenvalue weighted by molar-refractivity contribution is -0.232. The number of aliphatic carboxylic acids is 1. The van der Waals surface area contributed by atoms with Gasteiger partial charge in [-0.25, -0.2) is 0 Å².